The summed E-state index contributed by atoms with van der Waals surface area (Å²) in [6.07, 6.45) is 0. The highest BCUT2D eigenvalue weighted by Gasteiger charge is 2.14. The van der Waals surface area contributed by atoms with Crippen LogP contribution in [0.25, 0.3) is 0 Å². The summed E-state index contributed by atoms with van der Waals surface area (Å²) in [6, 6.07) is 6.40. The minimum atomic E-state index is 0.456. The van der Waals surface area contributed by atoms with Crippen LogP contribution in [0, 0.1) is 0 Å². The number of benzene rings is 1. The maximum atomic E-state index is 5.97. The summed E-state index contributed by atoms with van der Waals surface area (Å²) >= 11 is 5.57. The highest BCUT2D eigenvalue weighted by molar-refractivity contribution is 6.17. The highest BCUT2D eigenvalue weighted by atomic mass is 35.5. The first-order chi connectivity index (χ1) is 9.07. The van der Waals surface area contributed by atoms with Crippen LogP contribution in [0.4, 0.5) is 0 Å². The Hall–Kier alpha value is -0.730. The molecule has 2 nitrogen and oxygen atoms in total. The average Bonchev–Trinajstić information content (AvgIpc) is 2.38. The Bertz CT molecular complexity index is 349. The van der Waals surface area contributed by atoms with E-state index < -0.39 is 0 Å². The number of hydrogen-bond acceptors (Lipinski definition) is 2. The number of alkyl halides is 1. The van der Waals surface area contributed by atoms with E-state index in [1.807, 2.05) is 0 Å². The average molecular weight is 285 g/mol. The van der Waals surface area contributed by atoms with E-state index in [2.05, 4.69) is 45.9 Å². The van der Waals surface area contributed by atoms with Gasteiger partial charge in [0.25, 0.3) is 0 Å². The molecule has 1 aromatic rings. The van der Waals surface area contributed by atoms with Crippen molar-refractivity contribution in [2.24, 2.45) is 0 Å². The Labute approximate surface area is 122 Å². The topological polar surface area (TPSA) is 18.5 Å². The predicted octanol–water partition coefficient (Wildman–Crippen LogP) is 4.57. The smallest absolute Gasteiger partial charge is 0.126 e. The van der Waals surface area contributed by atoms with Gasteiger partial charge < -0.3 is 9.47 Å². The second kappa shape index (κ2) is 8.44. The van der Waals surface area contributed by atoms with Crippen molar-refractivity contribution in [3.8, 4) is 5.75 Å². The van der Waals surface area contributed by atoms with Gasteiger partial charge in [-0.2, -0.15) is 0 Å². The largest absolute Gasteiger partial charge is 0.491 e. The van der Waals surface area contributed by atoms with Crippen LogP contribution in [0.15, 0.2) is 18.2 Å². The van der Waals surface area contributed by atoms with Gasteiger partial charge in [-0.1, -0.05) is 45.9 Å². The zero-order chi connectivity index (χ0) is 14.3. The lowest BCUT2D eigenvalue weighted by atomic mass is 9.94. The van der Waals surface area contributed by atoms with Crippen LogP contribution < -0.4 is 4.74 Å². The normalized spacial score (nSPS) is 11.3. The highest BCUT2D eigenvalue weighted by Crippen LogP contribution is 2.34. The first kappa shape index (κ1) is 16.3. The molecule has 1 rings (SSSR count). The van der Waals surface area contributed by atoms with Crippen molar-refractivity contribution in [2.45, 2.75) is 39.5 Å². The lowest BCUT2D eigenvalue weighted by Crippen LogP contribution is -2.11. The molecular weight excluding hydrogens is 260 g/mol. The van der Waals surface area contributed by atoms with Gasteiger partial charge in [-0.3, -0.25) is 0 Å². The van der Waals surface area contributed by atoms with Gasteiger partial charge in [0.2, 0.25) is 0 Å². The van der Waals surface area contributed by atoms with Crippen LogP contribution in [0.1, 0.15) is 50.7 Å². The quantitative estimate of drug-likeness (QED) is 0.514. The molecule has 0 heterocycles. The van der Waals surface area contributed by atoms with Crippen LogP contribution in [0.2, 0.25) is 0 Å². The second-order valence-corrected chi connectivity index (χ2v) is 5.60. The first-order valence-electron chi connectivity index (χ1n) is 6.97. The lowest BCUT2D eigenvalue weighted by molar-refractivity contribution is 0.110. The number of hydrogen-bond donors (Lipinski definition) is 0. The minimum absolute atomic E-state index is 0.456. The number of para-hydroxylation sites is 1. The minimum Gasteiger partial charge on any atom is -0.491 e. The Kier molecular flexibility index (Phi) is 7.25. The van der Waals surface area contributed by atoms with Crippen molar-refractivity contribution < 1.29 is 9.47 Å². The summed E-state index contributed by atoms with van der Waals surface area (Å²) in [6.45, 7) is 10.5. The van der Waals surface area contributed by atoms with Crippen molar-refractivity contribution in [1.29, 1.82) is 0 Å². The van der Waals surface area contributed by atoms with Gasteiger partial charge in [0.1, 0.15) is 12.4 Å². The number of ether oxygens (including phenoxy) is 2. The van der Waals surface area contributed by atoms with Gasteiger partial charge in [-0.25, -0.2) is 0 Å². The summed E-state index contributed by atoms with van der Waals surface area (Å²) in [7, 11) is 0. The second-order valence-electron chi connectivity index (χ2n) is 5.22. The molecule has 0 aliphatic heterocycles. The van der Waals surface area contributed by atoms with E-state index >= 15 is 0 Å². The Morgan fingerprint density at radius 3 is 2.00 bits per heavy atom. The van der Waals surface area contributed by atoms with Crippen LogP contribution in [-0.2, 0) is 4.74 Å². The summed E-state index contributed by atoms with van der Waals surface area (Å²) in [5, 5.41) is 0. The Morgan fingerprint density at radius 1 is 0.947 bits per heavy atom. The maximum Gasteiger partial charge on any atom is 0.126 e. The summed E-state index contributed by atoms with van der Waals surface area (Å²) in [5.41, 5.74) is 2.53. The van der Waals surface area contributed by atoms with Crippen LogP contribution in [0.3, 0.4) is 0 Å². The lowest BCUT2D eigenvalue weighted by Gasteiger charge is -2.20. The molecule has 0 spiro atoms. The summed E-state index contributed by atoms with van der Waals surface area (Å²) < 4.78 is 11.3. The van der Waals surface area contributed by atoms with Gasteiger partial charge >= 0.3 is 0 Å². The Morgan fingerprint density at radius 2 is 1.53 bits per heavy atom. The molecule has 3 heteroatoms. The van der Waals surface area contributed by atoms with Crippen molar-refractivity contribution in [3.05, 3.63) is 29.3 Å². The molecule has 0 fully saturated rings. The van der Waals surface area contributed by atoms with E-state index in [0.717, 1.165) is 5.75 Å². The maximum absolute atomic E-state index is 5.97. The molecule has 0 unspecified atom stereocenters. The van der Waals surface area contributed by atoms with Crippen LogP contribution in [-0.4, -0.2) is 25.7 Å². The van der Waals surface area contributed by atoms with Crippen molar-refractivity contribution in [2.75, 3.05) is 25.7 Å². The summed E-state index contributed by atoms with van der Waals surface area (Å²) in [5.74, 6) is 2.47. The number of halogens is 1. The first-order valence-corrected chi connectivity index (χ1v) is 7.50. The molecule has 0 atom stereocenters. The van der Waals surface area contributed by atoms with E-state index in [-0.39, 0.29) is 0 Å². The molecule has 0 aliphatic rings. The van der Waals surface area contributed by atoms with Crippen LogP contribution >= 0.6 is 11.6 Å². The third-order valence-corrected chi connectivity index (χ3v) is 3.17. The molecule has 0 aromatic heterocycles. The van der Waals surface area contributed by atoms with Gasteiger partial charge in [0.05, 0.1) is 13.2 Å². The molecular formula is C16H25ClO2. The monoisotopic (exact) mass is 284 g/mol. The number of rotatable bonds is 8. The zero-order valence-electron chi connectivity index (χ0n) is 12.4. The zero-order valence-corrected chi connectivity index (χ0v) is 13.2. The SMILES string of the molecule is CC(C)c1cccc(C(C)C)c1OCCOCCCl. The molecule has 0 bridgehead atoms. The summed E-state index contributed by atoms with van der Waals surface area (Å²) in [4.78, 5) is 0. The fraction of sp³-hybridized carbons (Fsp3) is 0.625. The Balaban J connectivity index is 2.77. The van der Waals surface area contributed by atoms with E-state index in [1.54, 1.807) is 0 Å². The van der Waals surface area contributed by atoms with Gasteiger partial charge in [-0.15, -0.1) is 11.6 Å². The van der Waals surface area contributed by atoms with Gasteiger partial charge in [0.15, 0.2) is 0 Å². The van der Waals surface area contributed by atoms with Crippen molar-refractivity contribution >= 4 is 11.6 Å². The molecule has 1 aromatic carbocycles. The fourth-order valence-corrected chi connectivity index (χ4v) is 2.12. The molecule has 0 radical (unpaired) electrons. The van der Waals surface area contributed by atoms with E-state index in [4.69, 9.17) is 21.1 Å². The molecule has 0 N–H and O–H groups in total. The van der Waals surface area contributed by atoms with Crippen LogP contribution in [0.5, 0.6) is 5.75 Å². The predicted molar refractivity (Wildman–Crippen MR) is 81.7 cm³/mol. The molecule has 0 saturated carbocycles. The van der Waals surface area contributed by atoms with Gasteiger partial charge in [-0.05, 0) is 23.0 Å². The third-order valence-electron chi connectivity index (χ3n) is 3.02. The van der Waals surface area contributed by atoms with Crippen molar-refractivity contribution in [1.82, 2.24) is 0 Å². The van der Waals surface area contributed by atoms with E-state index in [0.29, 0.717) is 37.5 Å². The molecule has 19 heavy (non-hydrogen) atoms. The van der Waals surface area contributed by atoms with Crippen molar-refractivity contribution in [3.63, 3.8) is 0 Å². The van der Waals surface area contributed by atoms with E-state index in [9.17, 15) is 0 Å². The molecule has 0 saturated heterocycles. The van der Waals surface area contributed by atoms with E-state index in [1.165, 1.54) is 11.1 Å². The fourth-order valence-electron chi connectivity index (χ4n) is 2.01. The molecule has 0 aliphatic carbocycles. The standard InChI is InChI=1S/C16H25ClO2/c1-12(2)14-6-5-7-15(13(3)4)16(14)19-11-10-18-9-8-17/h5-7,12-13H,8-11H2,1-4H3. The molecule has 0 amide bonds. The third kappa shape index (κ3) is 5.04. The van der Waals surface area contributed by atoms with Gasteiger partial charge in [0, 0.05) is 5.88 Å². The molecule has 108 valence electrons.